The molecule has 0 aromatic heterocycles. The quantitative estimate of drug-likeness (QED) is 0.878. The standard InChI is InChI=1S/C10H14ClNO3S/c1-15-10(7-12-16(2,13)14)8-5-3-4-6-9(8)11/h3-6,10,12H,7H2,1-2H3/t10-/m1/s1. The van der Waals surface area contributed by atoms with Gasteiger partial charge in [0.1, 0.15) is 0 Å². The van der Waals surface area contributed by atoms with E-state index in [1.807, 2.05) is 12.1 Å². The number of nitrogens with one attached hydrogen (secondary N) is 1. The molecule has 0 spiro atoms. The van der Waals surface area contributed by atoms with Gasteiger partial charge in [0.2, 0.25) is 10.0 Å². The summed E-state index contributed by atoms with van der Waals surface area (Å²) >= 11 is 5.99. The molecule has 0 saturated carbocycles. The fourth-order valence-corrected chi connectivity index (χ4v) is 2.00. The number of hydrogen-bond donors (Lipinski definition) is 1. The van der Waals surface area contributed by atoms with Gasteiger partial charge < -0.3 is 4.74 Å². The highest BCUT2D eigenvalue weighted by atomic mass is 35.5. The maximum absolute atomic E-state index is 11.0. The zero-order chi connectivity index (χ0) is 12.2. The van der Waals surface area contributed by atoms with Gasteiger partial charge in [-0.2, -0.15) is 0 Å². The van der Waals surface area contributed by atoms with E-state index in [2.05, 4.69) is 4.72 Å². The third-order valence-electron chi connectivity index (χ3n) is 2.07. The Morgan fingerprint density at radius 1 is 1.44 bits per heavy atom. The lowest BCUT2D eigenvalue weighted by Gasteiger charge is -2.16. The Morgan fingerprint density at radius 2 is 2.06 bits per heavy atom. The molecule has 1 aromatic carbocycles. The Kier molecular flexibility index (Phi) is 4.73. The first kappa shape index (κ1) is 13.4. The molecule has 16 heavy (non-hydrogen) atoms. The van der Waals surface area contributed by atoms with Gasteiger partial charge in [0.05, 0.1) is 12.4 Å². The molecule has 1 atom stereocenters. The second kappa shape index (κ2) is 5.63. The highest BCUT2D eigenvalue weighted by molar-refractivity contribution is 7.88. The molecule has 0 amide bonds. The van der Waals surface area contributed by atoms with E-state index in [4.69, 9.17) is 16.3 Å². The van der Waals surface area contributed by atoms with Crippen LogP contribution in [0.1, 0.15) is 11.7 Å². The van der Waals surface area contributed by atoms with Gasteiger partial charge in [-0.15, -0.1) is 0 Å². The van der Waals surface area contributed by atoms with Crippen LogP contribution >= 0.6 is 11.6 Å². The Hall–Kier alpha value is -0.620. The van der Waals surface area contributed by atoms with Crippen molar-refractivity contribution in [1.82, 2.24) is 4.72 Å². The van der Waals surface area contributed by atoms with Gasteiger partial charge in [-0.05, 0) is 6.07 Å². The largest absolute Gasteiger partial charge is 0.375 e. The zero-order valence-corrected chi connectivity index (χ0v) is 10.7. The molecule has 1 rings (SSSR count). The Labute approximate surface area is 101 Å². The van der Waals surface area contributed by atoms with Gasteiger partial charge in [0.25, 0.3) is 0 Å². The fourth-order valence-electron chi connectivity index (χ4n) is 1.28. The van der Waals surface area contributed by atoms with E-state index >= 15 is 0 Å². The van der Waals surface area contributed by atoms with Crippen molar-refractivity contribution in [3.63, 3.8) is 0 Å². The third-order valence-corrected chi connectivity index (χ3v) is 3.10. The first-order chi connectivity index (χ1) is 7.44. The van der Waals surface area contributed by atoms with Gasteiger partial charge in [-0.1, -0.05) is 29.8 Å². The van der Waals surface area contributed by atoms with Crippen molar-refractivity contribution in [2.75, 3.05) is 19.9 Å². The molecule has 1 N–H and O–H groups in total. The van der Waals surface area contributed by atoms with E-state index < -0.39 is 10.0 Å². The van der Waals surface area contributed by atoms with Crippen molar-refractivity contribution in [2.24, 2.45) is 0 Å². The number of benzene rings is 1. The minimum absolute atomic E-state index is 0.166. The van der Waals surface area contributed by atoms with Crippen LogP contribution in [0.15, 0.2) is 24.3 Å². The molecular weight excluding hydrogens is 250 g/mol. The summed E-state index contributed by atoms with van der Waals surface area (Å²) in [5.41, 5.74) is 0.766. The summed E-state index contributed by atoms with van der Waals surface area (Å²) in [7, 11) is -1.71. The summed E-state index contributed by atoms with van der Waals surface area (Å²) in [6.07, 6.45) is 0.718. The van der Waals surface area contributed by atoms with Crippen LogP contribution in [-0.2, 0) is 14.8 Å². The first-order valence-electron chi connectivity index (χ1n) is 4.66. The van der Waals surface area contributed by atoms with Crippen LogP contribution < -0.4 is 4.72 Å². The first-order valence-corrected chi connectivity index (χ1v) is 6.93. The average Bonchev–Trinajstić information content (AvgIpc) is 2.20. The summed E-state index contributed by atoms with van der Waals surface area (Å²) in [5.74, 6) is 0. The lowest BCUT2D eigenvalue weighted by atomic mass is 10.1. The highest BCUT2D eigenvalue weighted by Gasteiger charge is 2.15. The molecule has 0 bridgehead atoms. The van der Waals surface area contributed by atoms with Gasteiger partial charge in [-0.3, -0.25) is 0 Å². The molecule has 0 unspecified atom stereocenters. The maximum Gasteiger partial charge on any atom is 0.208 e. The maximum atomic E-state index is 11.0. The third kappa shape index (κ3) is 4.09. The molecule has 6 heteroatoms. The molecule has 0 aliphatic rings. The van der Waals surface area contributed by atoms with E-state index in [0.717, 1.165) is 11.8 Å². The minimum Gasteiger partial charge on any atom is -0.375 e. The number of methoxy groups -OCH3 is 1. The molecule has 0 fully saturated rings. The summed E-state index contributed by atoms with van der Waals surface area (Å²) in [6, 6.07) is 7.18. The van der Waals surface area contributed by atoms with Crippen LogP contribution in [0.3, 0.4) is 0 Å². The van der Waals surface area contributed by atoms with Crippen LogP contribution in [0.5, 0.6) is 0 Å². The van der Waals surface area contributed by atoms with E-state index in [1.54, 1.807) is 12.1 Å². The smallest absolute Gasteiger partial charge is 0.208 e. The predicted octanol–water partition coefficient (Wildman–Crippen LogP) is 1.58. The lowest BCUT2D eigenvalue weighted by Crippen LogP contribution is -2.28. The van der Waals surface area contributed by atoms with Crippen molar-refractivity contribution in [2.45, 2.75) is 6.10 Å². The van der Waals surface area contributed by atoms with E-state index in [9.17, 15) is 8.42 Å². The number of ether oxygens (including phenoxy) is 1. The number of hydrogen-bond acceptors (Lipinski definition) is 3. The number of rotatable bonds is 5. The van der Waals surface area contributed by atoms with Crippen LogP contribution in [0, 0.1) is 0 Å². The van der Waals surface area contributed by atoms with Crippen LogP contribution in [0.25, 0.3) is 0 Å². The highest BCUT2D eigenvalue weighted by Crippen LogP contribution is 2.24. The van der Waals surface area contributed by atoms with Gasteiger partial charge >= 0.3 is 0 Å². The topological polar surface area (TPSA) is 55.4 Å². The summed E-state index contributed by atoms with van der Waals surface area (Å²) in [4.78, 5) is 0. The van der Waals surface area contributed by atoms with Crippen LogP contribution in [0.4, 0.5) is 0 Å². The van der Waals surface area contributed by atoms with Crippen molar-refractivity contribution >= 4 is 21.6 Å². The Balaban J connectivity index is 2.79. The Bertz CT molecular complexity index is 447. The van der Waals surface area contributed by atoms with Gasteiger partial charge in [0, 0.05) is 24.2 Å². The molecule has 0 aliphatic heterocycles. The van der Waals surface area contributed by atoms with Crippen molar-refractivity contribution in [1.29, 1.82) is 0 Å². The monoisotopic (exact) mass is 263 g/mol. The average molecular weight is 264 g/mol. The molecule has 0 saturated heterocycles. The van der Waals surface area contributed by atoms with Crippen molar-refractivity contribution in [3.05, 3.63) is 34.9 Å². The summed E-state index contributed by atoms with van der Waals surface area (Å²) < 4.78 is 29.5. The Morgan fingerprint density at radius 3 is 2.56 bits per heavy atom. The van der Waals surface area contributed by atoms with Crippen LogP contribution in [0.2, 0.25) is 5.02 Å². The van der Waals surface area contributed by atoms with Crippen molar-refractivity contribution < 1.29 is 13.2 Å². The van der Waals surface area contributed by atoms with E-state index in [0.29, 0.717) is 5.02 Å². The molecule has 90 valence electrons. The molecule has 4 nitrogen and oxygen atoms in total. The summed E-state index contributed by atoms with van der Waals surface area (Å²) in [5, 5.41) is 0.560. The fraction of sp³-hybridized carbons (Fsp3) is 0.400. The number of halogens is 1. The van der Waals surface area contributed by atoms with Crippen molar-refractivity contribution in [3.8, 4) is 0 Å². The number of sulfonamides is 1. The lowest BCUT2D eigenvalue weighted by molar-refractivity contribution is 0.107. The molecule has 0 radical (unpaired) electrons. The zero-order valence-electron chi connectivity index (χ0n) is 9.10. The normalized spacial score (nSPS) is 13.7. The molecular formula is C10H14ClNO3S. The van der Waals surface area contributed by atoms with Gasteiger partial charge in [-0.25, -0.2) is 13.1 Å². The molecule has 0 heterocycles. The predicted molar refractivity (Wildman–Crippen MR) is 64.0 cm³/mol. The molecule has 1 aromatic rings. The summed E-state index contributed by atoms with van der Waals surface area (Å²) in [6.45, 7) is 0.166. The second-order valence-electron chi connectivity index (χ2n) is 3.37. The minimum atomic E-state index is -3.22. The molecule has 0 aliphatic carbocycles. The second-order valence-corrected chi connectivity index (χ2v) is 5.61. The van der Waals surface area contributed by atoms with Gasteiger partial charge in [0.15, 0.2) is 0 Å². The van der Waals surface area contributed by atoms with Crippen LogP contribution in [-0.4, -0.2) is 28.3 Å². The van der Waals surface area contributed by atoms with E-state index in [-0.39, 0.29) is 12.6 Å². The SMILES string of the molecule is CO[C@H](CNS(C)(=O)=O)c1ccccc1Cl. The van der Waals surface area contributed by atoms with E-state index in [1.165, 1.54) is 7.11 Å².